The minimum Gasteiger partial charge on any atom is -0.382 e. The summed E-state index contributed by atoms with van der Waals surface area (Å²) in [4.78, 5) is 4.01. The molecule has 0 bridgehead atoms. The Bertz CT molecular complexity index is 367. The van der Waals surface area contributed by atoms with Crippen molar-refractivity contribution in [3.8, 4) is 0 Å². The van der Waals surface area contributed by atoms with E-state index >= 15 is 0 Å². The summed E-state index contributed by atoms with van der Waals surface area (Å²) in [5.74, 6) is 0.947. The van der Waals surface area contributed by atoms with Gasteiger partial charge in [0.15, 0.2) is 0 Å². The van der Waals surface area contributed by atoms with Crippen LogP contribution in [0.2, 0.25) is 5.15 Å². The van der Waals surface area contributed by atoms with Gasteiger partial charge in [-0.25, -0.2) is 4.98 Å². The van der Waals surface area contributed by atoms with Gasteiger partial charge in [-0.15, -0.1) is 0 Å². The molecule has 1 aromatic rings. The van der Waals surface area contributed by atoms with Crippen molar-refractivity contribution in [3.63, 3.8) is 0 Å². The van der Waals surface area contributed by atoms with Crippen LogP contribution in [0.25, 0.3) is 0 Å². The lowest BCUT2D eigenvalue weighted by atomic mass is 9.95. The molecular formula is C15H23ClN2. The van der Waals surface area contributed by atoms with Gasteiger partial charge < -0.3 is 5.32 Å². The average molecular weight is 267 g/mol. The predicted octanol–water partition coefficient (Wildman–Crippen LogP) is 4.90. The fourth-order valence-electron chi connectivity index (χ4n) is 2.95. The van der Waals surface area contributed by atoms with E-state index in [1.807, 2.05) is 12.1 Å². The van der Waals surface area contributed by atoms with E-state index < -0.39 is 0 Å². The van der Waals surface area contributed by atoms with Crippen molar-refractivity contribution in [1.82, 2.24) is 4.98 Å². The molecule has 1 heterocycles. The molecule has 2 unspecified atom stereocenters. The van der Waals surface area contributed by atoms with E-state index in [2.05, 4.69) is 17.2 Å². The van der Waals surface area contributed by atoms with Gasteiger partial charge in [-0.3, -0.25) is 0 Å². The van der Waals surface area contributed by atoms with E-state index in [9.17, 15) is 0 Å². The number of pyridine rings is 1. The maximum atomic E-state index is 5.91. The molecule has 0 spiro atoms. The van der Waals surface area contributed by atoms with Crippen LogP contribution in [0, 0.1) is 5.92 Å². The Hall–Kier alpha value is -0.760. The number of nitrogens with one attached hydrogen (secondary N) is 1. The van der Waals surface area contributed by atoms with E-state index in [4.69, 9.17) is 11.6 Å². The third kappa shape index (κ3) is 4.16. The van der Waals surface area contributed by atoms with E-state index in [-0.39, 0.29) is 0 Å². The Morgan fingerprint density at radius 2 is 2.22 bits per heavy atom. The minimum absolute atomic E-state index is 0.567. The summed E-state index contributed by atoms with van der Waals surface area (Å²) in [6.45, 7) is 2.29. The van der Waals surface area contributed by atoms with E-state index in [0.717, 1.165) is 11.6 Å². The third-order valence-corrected chi connectivity index (χ3v) is 4.09. The molecule has 1 aromatic heterocycles. The smallest absolute Gasteiger partial charge is 0.131 e. The van der Waals surface area contributed by atoms with Crippen molar-refractivity contribution in [2.75, 3.05) is 5.32 Å². The molecule has 0 amide bonds. The molecule has 1 aliphatic rings. The van der Waals surface area contributed by atoms with Crippen LogP contribution in [-0.4, -0.2) is 11.0 Å². The monoisotopic (exact) mass is 266 g/mol. The molecule has 3 heteroatoms. The van der Waals surface area contributed by atoms with E-state index in [0.29, 0.717) is 11.2 Å². The van der Waals surface area contributed by atoms with E-state index in [1.54, 1.807) is 6.20 Å². The minimum atomic E-state index is 0.567. The van der Waals surface area contributed by atoms with Crippen molar-refractivity contribution in [3.05, 3.63) is 23.5 Å². The standard InChI is InChI=1S/C15H23ClN2/c1-2-4-12-5-3-6-13(8-7-12)18-14-9-10-17-15(16)11-14/h9-13H,2-8H2,1H3,(H,17,18). The number of halogens is 1. The first kappa shape index (κ1) is 13.7. The molecule has 0 radical (unpaired) electrons. The predicted molar refractivity (Wildman–Crippen MR) is 78.1 cm³/mol. The topological polar surface area (TPSA) is 24.9 Å². The molecule has 2 atom stereocenters. The molecule has 0 aromatic carbocycles. The van der Waals surface area contributed by atoms with Crippen molar-refractivity contribution < 1.29 is 0 Å². The summed E-state index contributed by atoms with van der Waals surface area (Å²) < 4.78 is 0. The summed E-state index contributed by atoms with van der Waals surface area (Å²) in [6, 6.07) is 4.52. The Kier molecular flexibility index (Phi) is 5.30. The molecule has 2 nitrogen and oxygen atoms in total. The molecule has 0 saturated heterocycles. The van der Waals surface area contributed by atoms with Crippen LogP contribution in [-0.2, 0) is 0 Å². The summed E-state index contributed by atoms with van der Waals surface area (Å²) in [5.41, 5.74) is 1.11. The molecule has 1 aliphatic carbocycles. The maximum Gasteiger partial charge on any atom is 0.131 e. The van der Waals surface area contributed by atoms with Gasteiger partial charge in [0.05, 0.1) is 0 Å². The highest BCUT2D eigenvalue weighted by Crippen LogP contribution is 2.28. The van der Waals surface area contributed by atoms with Crippen LogP contribution in [0.5, 0.6) is 0 Å². The molecule has 100 valence electrons. The highest BCUT2D eigenvalue weighted by atomic mass is 35.5. The van der Waals surface area contributed by atoms with Crippen LogP contribution in [0.15, 0.2) is 18.3 Å². The summed E-state index contributed by atoms with van der Waals surface area (Å²) in [6.07, 6.45) is 11.2. The van der Waals surface area contributed by atoms with Gasteiger partial charge in [-0.05, 0) is 37.3 Å². The molecule has 0 aliphatic heterocycles. The Morgan fingerprint density at radius 3 is 3.00 bits per heavy atom. The number of hydrogen-bond donors (Lipinski definition) is 1. The second-order valence-corrected chi connectivity index (χ2v) is 5.76. The van der Waals surface area contributed by atoms with Crippen molar-refractivity contribution in [2.24, 2.45) is 5.92 Å². The number of rotatable bonds is 4. The first-order valence-corrected chi connectivity index (χ1v) is 7.54. The van der Waals surface area contributed by atoms with Gasteiger partial charge in [0, 0.05) is 17.9 Å². The number of aromatic nitrogens is 1. The normalized spacial score (nSPS) is 24.6. The fraction of sp³-hybridized carbons (Fsp3) is 0.667. The Labute approximate surface area is 115 Å². The quantitative estimate of drug-likeness (QED) is 0.620. The number of hydrogen-bond acceptors (Lipinski definition) is 2. The fourth-order valence-corrected chi connectivity index (χ4v) is 3.12. The number of anilines is 1. The third-order valence-electron chi connectivity index (χ3n) is 3.88. The lowest BCUT2D eigenvalue weighted by Gasteiger charge is -2.18. The van der Waals surface area contributed by atoms with Crippen LogP contribution in [0.3, 0.4) is 0 Å². The van der Waals surface area contributed by atoms with Gasteiger partial charge >= 0.3 is 0 Å². The Morgan fingerprint density at radius 1 is 1.33 bits per heavy atom. The summed E-state index contributed by atoms with van der Waals surface area (Å²) in [5, 5.41) is 4.17. The molecule has 1 N–H and O–H groups in total. The van der Waals surface area contributed by atoms with E-state index in [1.165, 1.54) is 44.9 Å². The first-order valence-electron chi connectivity index (χ1n) is 7.16. The summed E-state index contributed by atoms with van der Waals surface area (Å²) >= 11 is 5.91. The zero-order valence-electron chi connectivity index (χ0n) is 11.2. The highest BCUT2D eigenvalue weighted by molar-refractivity contribution is 6.29. The zero-order chi connectivity index (χ0) is 12.8. The van der Waals surface area contributed by atoms with Crippen molar-refractivity contribution in [1.29, 1.82) is 0 Å². The highest BCUT2D eigenvalue weighted by Gasteiger charge is 2.18. The lowest BCUT2D eigenvalue weighted by molar-refractivity contribution is 0.422. The summed E-state index contributed by atoms with van der Waals surface area (Å²) in [7, 11) is 0. The van der Waals surface area contributed by atoms with Gasteiger partial charge in [0.25, 0.3) is 0 Å². The van der Waals surface area contributed by atoms with Gasteiger partial charge in [-0.1, -0.05) is 44.2 Å². The maximum absolute atomic E-state index is 5.91. The number of nitrogens with zero attached hydrogens (tertiary/aromatic N) is 1. The van der Waals surface area contributed by atoms with Crippen LogP contribution in [0.1, 0.15) is 51.9 Å². The largest absolute Gasteiger partial charge is 0.382 e. The van der Waals surface area contributed by atoms with Crippen molar-refractivity contribution in [2.45, 2.75) is 57.9 Å². The first-order chi connectivity index (χ1) is 8.78. The lowest BCUT2D eigenvalue weighted by Crippen LogP contribution is -2.18. The Balaban J connectivity index is 1.87. The SMILES string of the molecule is CCCC1CCCC(Nc2ccnc(Cl)c2)CC1. The molecule has 1 saturated carbocycles. The zero-order valence-corrected chi connectivity index (χ0v) is 11.9. The van der Waals surface area contributed by atoms with Crippen molar-refractivity contribution >= 4 is 17.3 Å². The second kappa shape index (κ2) is 6.98. The molecule has 2 rings (SSSR count). The molecular weight excluding hydrogens is 244 g/mol. The molecule has 1 fully saturated rings. The van der Waals surface area contributed by atoms with Gasteiger partial charge in [0.2, 0.25) is 0 Å². The average Bonchev–Trinajstić information content (AvgIpc) is 2.56. The van der Waals surface area contributed by atoms with Crippen LogP contribution < -0.4 is 5.32 Å². The van der Waals surface area contributed by atoms with Crippen LogP contribution >= 0.6 is 11.6 Å². The van der Waals surface area contributed by atoms with Crippen LogP contribution in [0.4, 0.5) is 5.69 Å². The van der Waals surface area contributed by atoms with Gasteiger partial charge in [0.1, 0.15) is 5.15 Å². The van der Waals surface area contributed by atoms with Gasteiger partial charge in [-0.2, -0.15) is 0 Å². The molecule has 18 heavy (non-hydrogen) atoms. The second-order valence-electron chi connectivity index (χ2n) is 5.37.